The van der Waals surface area contributed by atoms with E-state index >= 15 is 0 Å². The number of amides is 2. The van der Waals surface area contributed by atoms with E-state index in [1.165, 1.54) is 25.7 Å². The van der Waals surface area contributed by atoms with Gasteiger partial charge in [-0.25, -0.2) is 15.0 Å². The molecule has 29 heavy (non-hydrogen) atoms. The molecule has 146 valence electrons. The summed E-state index contributed by atoms with van der Waals surface area (Å²) in [5, 5.41) is 6.54. The lowest BCUT2D eigenvalue weighted by molar-refractivity contribution is 0.0729. The molecular formula is C21H18N4O4. The third kappa shape index (κ3) is 5.64. The molecule has 2 N–H and O–H groups in total. The highest BCUT2D eigenvalue weighted by Gasteiger charge is 2.12. The quantitative estimate of drug-likeness (QED) is 0.290. The summed E-state index contributed by atoms with van der Waals surface area (Å²) in [5.74, 6) is 0.0951. The number of pyridine rings is 1. The zero-order valence-electron chi connectivity index (χ0n) is 15.5. The zero-order chi connectivity index (χ0) is 20.5. The summed E-state index contributed by atoms with van der Waals surface area (Å²) in [4.78, 5) is 27.9. The molecule has 0 atom stereocenters. The molecule has 0 saturated heterocycles. The van der Waals surface area contributed by atoms with Crippen molar-refractivity contribution < 1.29 is 19.1 Å². The Labute approximate surface area is 167 Å². The van der Waals surface area contributed by atoms with Gasteiger partial charge in [-0.3, -0.25) is 4.98 Å². The van der Waals surface area contributed by atoms with E-state index in [0.717, 1.165) is 0 Å². The minimum Gasteiger partial charge on any atom is -0.493 e. The van der Waals surface area contributed by atoms with E-state index in [-0.39, 0.29) is 5.75 Å². The fraction of sp³-hybridized carbons (Fsp3) is 0.0476. The molecule has 2 amide bonds. The fourth-order valence-corrected chi connectivity index (χ4v) is 2.34. The van der Waals surface area contributed by atoms with E-state index in [0.29, 0.717) is 22.6 Å². The second-order valence-electron chi connectivity index (χ2n) is 5.73. The highest BCUT2D eigenvalue weighted by molar-refractivity contribution is 5.92. The van der Waals surface area contributed by atoms with Crippen molar-refractivity contribution in [2.24, 2.45) is 5.10 Å². The Morgan fingerprint density at radius 1 is 1.00 bits per heavy atom. The van der Waals surface area contributed by atoms with Crippen molar-refractivity contribution in [3.8, 4) is 11.5 Å². The average Bonchev–Trinajstić information content (AvgIpc) is 2.76. The van der Waals surface area contributed by atoms with E-state index in [1.807, 2.05) is 18.2 Å². The van der Waals surface area contributed by atoms with E-state index in [4.69, 9.17) is 9.47 Å². The van der Waals surface area contributed by atoms with Crippen LogP contribution in [0, 0.1) is 0 Å². The number of nitrogens with one attached hydrogen (secondary N) is 2. The maximum absolute atomic E-state index is 12.2. The highest BCUT2D eigenvalue weighted by Crippen LogP contribution is 2.28. The second-order valence-corrected chi connectivity index (χ2v) is 5.73. The molecule has 0 radical (unpaired) electrons. The normalized spacial score (nSPS) is 10.4. The van der Waals surface area contributed by atoms with Crippen molar-refractivity contribution in [2.75, 3.05) is 12.4 Å². The van der Waals surface area contributed by atoms with Crippen LogP contribution < -0.4 is 20.2 Å². The van der Waals surface area contributed by atoms with Crippen LogP contribution in [0.15, 0.2) is 78.2 Å². The molecule has 0 saturated carbocycles. The summed E-state index contributed by atoms with van der Waals surface area (Å²) in [6, 6.07) is 16.6. The molecule has 0 fully saturated rings. The molecule has 1 aromatic heterocycles. The summed E-state index contributed by atoms with van der Waals surface area (Å²) >= 11 is 0. The van der Waals surface area contributed by atoms with Crippen molar-refractivity contribution in [3.05, 3.63) is 84.2 Å². The number of benzene rings is 2. The van der Waals surface area contributed by atoms with Gasteiger partial charge in [0, 0.05) is 18.1 Å². The lowest BCUT2D eigenvalue weighted by Crippen LogP contribution is -2.24. The number of anilines is 1. The Morgan fingerprint density at radius 2 is 1.76 bits per heavy atom. The van der Waals surface area contributed by atoms with Crippen LogP contribution in [-0.2, 0) is 0 Å². The third-order valence-electron chi connectivity index (χ3n) is 3.72. The monoisotopic (exact) mass is 390 g/mol. The number of hydrazone groups is 1. The molecule has 0 aliphatic heterocycles. The van der Waals surface area contributed by atoms with Crippen LogP contribution in [0.5, 0.6) is 11.5 Å². The molecule has 0 unspecified atom stereocenters. The highest BCUT2D eigenvalue weighted by atomic mass is 16.6. The van der Waals surface area contributed by atoms with Crippen LogP contribution in [0.25, 0.3) is 0 Å². The summed E-state index contributed by atoms with van der Waals surface area (Å²) in [5.41, 5.74) is 4.05. The molecule has 2 aromatic carbocycles. The number of carbonyl (C=O) groups is 2. The number of hydrogen-bond acceptors (Lipinski definition) is 6. The van der Waals surface area contributed by atoms with Crippen molar-refractivity contribution in [3.63, 3.8) is 0 Å². The van der Waals surface area contributed by atoms with Gasteiger partial charge in [-0.15, -0.1) is 0 Å². The van der Waals surface area contributed by atoms with Crippen LogP contribution in [-0.4, -0.2) is 30.3 Å². The Bertz CT molecular complexity index is 1010. The second kappa shape index (κ2) is 9.65. The Kier molecular flexibility index (Phi) is 6.51. The predicted octanol–water partition coefficient (Wildman–Crippen LogP) is 3.47. The van der Waals surface area contributed by atoms with E-state index in [1.54, 1.807) is 42.5 Å². The van der Waals surface area contributed by atoms with Gasteiger partial charge in [0.05, 0.1) is 18.9 Å². The number of nitrogens with zero attached hydrogens (tertiary/aromatic N) is 2. The van der Waals surface area contributed by atoms with Gasteiger partial charge in [0.25, 0.3) is 0 Å². The number of aromatic nitrogens is 1. The molecule has 0 bridgehead atoms. The number of methoxy groups -OCH3 is 1. The lowest BCUT2D eigenvalue weighted by atomic mass is 10.2. The molecular weight excluding hydrogens is 372 g/mol. The van der Waals surface area contributed by atoms with E-state index < -0.39 is 12.0 Å². The summed E-state index contributed by atoms with van der Waals surface area (Å²) < 4.78 is 10.6. The number of rotatable bonds is 6. The minimum absolute atomic E-state index is 0.265. The molecule has 0 aliphatic rings. The van der Waals surface area contributed by atoms with Crippen LogP contribution in [0.2, 0.25) is 0 Å². The first-order chi connectivity index (χ1) is 14.2. The van der Waals surface area contributed by atoms with Gasteiger partial charge < -0.3 is 14.8 Å². The number of esters is 1. The van der Waals surface area contributed by atoms with Gasteiger partial charge in [0.1, 0.15) is 0 Å². The van der Waals surface area contributed by atoms with Crippen LogP contribution in [0.1, 0.15) is 15.9 Å². The maximum Gasteiger partial charge on any atom is 0.343 e. The Hall–Kier alpha value is -4.20. The topological polar surface area (TPSA) is 102 Å². The largest absolute Gasteiger partial charge is 0.493 e. The van der Waals surface area contributed by atoms with Crippen LogP contribution in [0.3, 0.4) is 0 Å². The number of carbonyl (C=O) groups excluding carboxylic acids is 2. The molecule has 0 spiro atoms. The Morgan fingerprint density at radius 3 is 2.48 bits per heavy atom. The molecule has 8 heteroatoms. The fourth-order valence-electron chi connectivity index (χ4n) is 2.34. The average molecular weight is 390 g/mol. The molecule has 3 rings (SSSR count). The minimum atomic E-state index is -0.522. The van der Waals surface area contributed by atoms with E-state index in [9.17, 15) is 9.59 Å². The first-order valence-corrected chi connectivity index (χ1v) is 8.61. The first-order valence-electron chi connectivity index (χ1n) is 8.61. The third-order valence-corrected chi connectivity index (χ3v) is 3.72. The summed E-state index contributed by atoms with van der Waals surface area (Å²) in [6.07, 6.45) is 4.46. The Balaban J connectivity index is 1.61. The van der Waals surface area contributed by atoms with Crippen molar-refractivity contribution >= 4 is 23.9 Å². The SMILES string of the molecule is COc1cc(/C=N\NC(=O)Nc2ccccc2)ccc1OC(=O)c1ccncc1. The molecule has 0 aliphatic carbocycles. The molecule has 1 heterocycles. The van der Waals surface area contributed by atoms with Crippen molar-refractivity contribution in [2.45, 2.75) is 0 Å². The van der Waals surface area contributed by atoms with Gasteiger partial charge >= 0.3 is 12.0 Å². The number of ether oxygens (including phenoxy) is 2. The predicted molar refractivity (Wildman–Crippen MR) is 108 cm³/mol. The van der Waals surface area contributed by atoms with Gasteiger partial charge in [0.2, 0.25) is 0 Å². The van der Waals surface area contributed by atoms with Gasteiger partial charge in [0.15, 0.2) is 11.5 Å². The first kappa shape index (κ1) is 19.6. The standard InChI is InChI=1S/C21H18N4O4/c1-28-19-13-15(14-23-25-21(27)24-17-5-3-2-4-6-17)7-8-18(19)29-20(26)16-9-11-22-12-10-16/h2-14H,1H3,(H2,24,25,27)/b23-14-. The van der Waals surface area contributed by atoms with Crippen LogP contribution >= 0.6 is 0 Å². The number of para-hydroxylation sites is 1. The van der Waals surface area contributed by atoms with Crippen molar-refractivity contribution in [1.82, 2.24) is 10.4 Å². The lowest BCUT2D eigenvalue weighted by Gasteiger charge is -2.10. The number of hydrogen-bond donors (Lipinski definition) is 2. The summed E-state index contributed by atoms with van der Waals surface area (Å²) in [7, 11) is 1.46. The van der Waals surface area contributed by atoms with Crippen LogP contribution in [0.4, 0.5) is 10.5 Å². The van der Waals surface area contributed by atoms with Gasteiger partial charge in [-0.05, 0) is 48.0 Å². The summed E-state index contributed by atoms with van der Waals surface area (Å²) in [6.45, 7) is 0. The molecule has 3 aromatic rings. The zero-order valence-corrected chi connectivity index (χ0v) is 15.5. The van der Waals surface area contributed by atoms with Gasteiger partial charge in [-0.2, -0.15) is 5.10 Å². The van der Waals surface area contributed by atoms with E-state index in [2.05, 4.69) is 20.8 Å². The molecule has 8 nitrogen and oxygen atoms in total. The van der Waals surface area contributed by atoms with Gasteiger partial charge in [-0.1, -0.05) is 18.2 Å². The smallest absolute Gasteiger partial charge is 0.343 e. The number of urea groups is 1. The van der Waals surface area contributed by atoms with Crippen molar-refractivity contribution in [1.29, 1.82) is 0 Å². The maximum atomic E-state index is 12.2.